The lowest BCUT2D eigenvalue weighted by molar-refractivity contribution is 0.178. The lowest BCUT2D eigenvalue weighted by atomic mass is 10.00. The van der Waals surface area contributed by atoms with Crippen molar-refractivity contribution in [3.05, 3.63) is 71.9 Å². The van der Waals surface area contributed by atoms with Crippen LogP contribution in [0.2, 0.25) is 0 Å². The van der Waals surface area contributed by atoms with E-state index in [0.717, 1.165) is 27.8 Å². The third-order valence-corrected chi connectivity index (χ3v) is 3.60. The number of pyridine rings is 1. The van der Waals surface area contributed by atoms with Crippen LogP contribution in [0.1, 0.15) is 17.2 Å². The van der Waals surface area contributed by atoms with Gasteiger partial charge in [0.2, 0.25) is 0 Å². The quantitative estimate of drug-likeness (QED) is 0.794. The fraction of sp³-hybridized carbons (Fsp3) is 0.167. The van der Waals surface area contributed by atoms with E-state index in [1.807, 2.05) is 54.6 Å². The molecule has 0 radical (unpaired) electrons. The van der Waals surface area contributed by atoms with Crippen molar-refractivity contribution in [2.24, 2.45) is 0 Å². The van der Waals surface area contributed by atoms with Gasteiger partial charge in [-0.25, -0.2) is 0 Å². The summed E-state index contributed by atoms with van der Waals surface area (Å²) in [5, 5.41) is 11.5. The number of aliphatic hydroxyl groups excluding tert-OH is 1. The zero-order valence-corrected chi connectivity index (χ0v) is 11.9. The van der Waals surface area contributed by atoms with Gasteiger partial charge >= 0.3 is 0 Å². The number of methoxy groups -OCH3 is 1. The Kier molecular flexibility index (Phi) is 3.84. The second-order valence-electron chi connectivity index (χ2n) is 5.02. The van der Waals surface area contributed by atoms with Gasteiger partial charge in [0.1, 0.15) is 5.75 Å². The van der Waals surface area contributed by atoms with E-state index in [0.29, 0.717) is 6.42 Å². The fourth-order valence-electron chi connectivity index (χ4n) is 2.40. The normalized spacial score (nSPS) is 12.3. The van der Waals surface area contributed by atoms with Crippen LogP contribution < -0.4 is 4.74 Å². The first-order valence-electron chi connectivity index (χ1n) is 6.92. The Morgan fingerprint density at radius 3 is 2.67 bits per heavy atom. The van der Waals surface area contributed by atoms with E-state index < -0.39 is 6.10 Å². The Morgan fingerprint density at radius 1 is 1.10 bits per heavy atom. The van der Waals surface area contributed by atoms with E-state index in [4.69, 9.17) is 4.74 Å². The average molecular weight is 279 g/mol. The van der Waals surface area contributed by atoms with Crippen molar-refractivity contribution in [2.75, 3.05) is 7.11 Å². The zero-order valence-electron chi connectivity index (χ0n) is 11.9. The monoisotopic (exact) mass is 279 g/mol. The summed E-state index contributed by atoms with van der Waals surface area (Å²) in [6, 6.07) is 17.6. The highest BCUT2D eigenvalue weighted by atomic mass is 16.5. The van der Waals surface area contributed by atoms with E-state index >= 15 is 0 Å². The molecule has 2 aromatic carbocycles. The summed E-state index contributed by atoms with van der Waals surface area (Å²) < 4.78 is 5.14. The standard InChI is InChI=1S/C18H17NO2/c1-21-16-7-4-13(5-8-16)11-18(20)15-6-9-17-14(12-15)3-2-10-19-17/h2-10,12,18,20H,11H2,1H3. The minimum Gasteiger partial charge on any atom is -0.497 e. The number of benzene rings is 2. The third kappa shape index (κ3) is 3.03. The van der Waals surface area contributed by atoms with Crippen molar-refractivity contribution in [3.63, 3.8) is 0 Å². The van der Waals surface area contributed by atoms with Gasteiger partial charge in [0.25, 0.3) is 0 Å². The summed E-state index contributed by atoms with van der Waals surface area (Å²) in [4.78, 5) is 4.29. The molecule has 0 fully saturated rings. The van der Waals surface area contributed by atoms with E-state index in [-0.39, 0.29) is 0 Å². The molecule has 0 saturated carbocycles. The molecule has 1 N–H and O–H groups in total. The maximum Gasteiger partial charge on any atom is 0.118 e. The predicted octanol–water partition coefficient (Wildman–Crippen LogP) is 3.52. The first kappa shape index (κ1) is 13.6. The first-order valence-corrected chi connectivity index (χ1v) is 6.92. The lowest BCUT2D eigenvalue weighted by Crippen LogP contribution is -2.02. The summed E-state index contributed by atoms with van der Waals surface area (Å²) in [6.45, 7) is 0. The van der Waals surface area contributed by atoms with Crippen LogP contribution >= 0.6 is 0 Å². The smallest absolute Gasteiger partial charge is 0.118 e. The number of aromatic nitrogens is 1. The van der Waals surface area contributed by atoms with Crippen LogP contribution in [0.4, 0.5) is 0 Å². The molecule has 3 nitrogen and oxygen atoms in total. The van der Waals surface area contributed by atoms with Crippen LogP contribution in [0.15, 0.2) is 60.8 Å². The van der Waals surface area contributed by atoms with Crippen molar-refractivity contribution in [2.45, 2.75) is 12.5 Å². The van der Waals surface area contributed by atoms with Gasteiger partial charge in [0.15, 0.2) is 0 Å². The van der Waals surface area contributed by atoms with Crippen molar-refractivity contribution < 1.29 is 9.84 Å². The van der Waals surface area contributed by atoms with Crippen LogP contribution in [-0.2, 0) is 6.42 Å². The molecule has 1 aromatic heterocycles. The molecule has 3 heteroatoms. The van der Waals surface area contributed by atoms with Crippen molar-refractivity contribution in [1.82, 2.24) is 4.98 Å². The highest BCUT2D eigenvalue weighted by Crippen LogP contribution is 2.23. The minimum absolute atomic E-state index is 0.525. The molecule has 3 rings (SSSR count). The number of nitrogens with zero attached hydrogens (tertiary/aromatic N) is 1. The topological polar surface area (TPSA) is 42.4 Å². The van der Waals surface area contributed by atoms with E-state index in [2.05, 4.69) is 4.98 Å². The predicted molar refractivity (Wildman–Crippen MR) is 83.4 cm³/mol. The molecule has 0 saturated heterocycles. The van der Waals surface area contributed by atoms with Gasteiger partial charge in [-0.3, -0.25) is 4.98 Å². The second-order valence-corrected chi connectivity index (χ2v) is 5.02. The SMILES string of the molecule is COc1ccc(CC(O)c2ccc3ncccc3c2)cc1. The first-order chi connectivity index (χ1) is 10.3. The minimum atomic E-state index is -0.525. The molecular weight excluding hydrogens is 262 g/mol. The molecule has 1 unspecified atom stereocenters. The van der Waals surface area contributed by atoms with Crippen LogP contribution in [0, 0.1) is 0 Å². The maximum atomic E-state index is 10.4. The zero-order chi connectivity index (χ0) is 14.7. The maximum absolute atomic E-state index is 10.4. The number of ether oxygens (including phenoxy) is 1. The summed E-state index contributed by atoms with van der Waals surface area (Å²) in [7, 11) is 1.65. The Labute approximate surface area is 123 Å². The van der Waals surface area contributed by atoms with Gasteiger partial charge in [-0.1, -0.05) is 24.3 Å². The number of hydrogen-bond donors (Lipinski definition) is 1. The van der Waals surface area contributed by atoms with E-state index in [9.17, 15) is 5.11 Å². The molecular formula is C18H17NO2. The summed E-state index contributed by atoms with van der Waals surface area (Å²) in [5.74, 6) is 0.824. The van der Waals surface area contributed by atoms with Gasteiger partial charge in [0.05, 0.1) is 18.7 Å². The van der Waals surface area contributed by atoms with Crippen molar-refractivity contribution in [1.29, 1.82) is 0 Å². The molecule has 0 spiro atoms. The van der Waals surface area contributed by atoms with E-state index in [1.165, 1.54) is 0 Å². The fourth-order valence-corrected chi connectivity index (χ4v) is 2.40. The molecule has 1 heterocycles. The molecule has 3 aromatic rings. The van der Waals surface area contributed by atoms with Crippen LogP contribution in [0.3, 0.4) is 0 Å². The third-order valence-electron chi connectivity index (χ3n) is 3.60. The molecule has 0 aliphatic heterocycles. The molecule has 21 heavy (non-hydrogen) atoms. The molecule has 0 aliphatic rings. The van der Waals surface area contributed by atoms with Gasteiger partial charge in [0, 0.05) is 18.0 Å². The van der Waals surface area contributed by atoms with Crippen LogP contribution in [0.25, 0.3) is 10.9 Å². The van der Waals surface area contributed by atoms with E-state index in [1.54, 1.807) is 13.3 Å². The Balaban J connectivity index is 1.80. The summed E-state index contributed by atoms with van der Waals surface area (Å²) >= 11 is 0. The molecule has 106 valence electrons. The summed E-state index contributed by atoms with van der Waals surface area (Å²) in [6.07, 6.45) is 1.83. The highest BCUT2D eigenvalue weighted by molar-refractivity contribution is 5.79. The summed E-state index contributed by atoms with van der Waals surface area (Å²) in [5.41, 5.74) is 2.93. The Hall–Kier alpha value is -2.39. The highest BCUT2D eigenvalue weighted by Gasteiger charge is 2.09. The molecule has 0 amide bonds. The molecule has 1 atom stereocenters. The number of hydrogen-bond acceptors (Lipinski definition) is 3. The van der Waals surface area contributed by atoms with Crippen molar-refractivity contribution in [3.8, 4) is 5.75 Å². The number of aliphatic hydroxyl groups is 1. The van der Waals surface area contributed by atoms with Gasteiger partial charge < -0.3 is 9.84 Å². The van der Waals surface area contributed by atoms with Crippen LogP contribution in [-0.4, -0.2) is 17.2 Å². The van der Waals surface area contributed by atoms with Gasteiger partial charge in [-0.05, 0) is 41.5 Å². The largest absolute Gasteiger partial charge is 0.497 e. The van der Waals surface area contributed by atoms with Crippen LogP contribution in [0.5, 0.6) is 5.75 Å². The lowest BCUT2D eigenvalue weighted by Gasteiger charge is -2.12. The van der Waals surface area contributed by atoms with Crippen molar-refractivity contribution >= 4 is 10.9 Å². The number of fused-ring (bicyclic) bond motifs is 1. The molecule has 0 aliphatic carbocycles. The van der Waals surface area contributed by atoms with Gasteiger partial charge in [-0.15, -0.1) is 0 Å². The molecule has 0 bridgehead atoms. The Bertz CT molecular complexity index is 738. The Morgan fingerprint density at radius 2 is 1.90 bits per heavy atom. The number of rotatable bonds is 4. The second kappa shape index (κ2) is 5.94. The average Bonchev–Trinajstić information content (AvgIpc) is 2.55. The van der Waals surface area contributed by atoms with Gasteiger partial charge in [-0.2, -0.15) is 0 Å².